The fourth-order valence-corrected chi connectivity index (χ4v) is 7.25. The van der Waals surface area contributed by atoms with E-state index in [1.54, 1.807) is 6.92 Å². The van der Waals surface area contributed by atoms with Crippen LogP contribution in [-0.2, 0) is 14.3 Å². The molecular formula is C31H42F2N2O6. The SMILES string of the molecule is COc1cc(F)c(O[C@H]2CC[C@@](C)(C(=O)OC)CC2)cc1C(=O)N[C@@H]1[C@H]2CC[C@H](C2)[C@@H]1C(=O)N(F)[C@H](C)C1(C)CC1. The molecule has 1 aromatic carbocycles. The largest absolute Gasteiger partial charge is 0.496 e. The number of hydrogen-bond acceptors (Lipinski definition) is 6. The number of rotatable bonds is 9. The molecule has 1 aromatic rings. The van der Waals surface area contributed by atoms with Gasteiger partial charge in [0.25, 0.3) is 11.8 Å². The Labute approximate surface area is 240 Å². The molecule has 1 N–H and O–H groups in total. The van der Waals surface area contributed by atoms with Crippen LogP contribution in [0.4, 0.5) is 8.87 Å². The minimum absolute atomic E-state index is 0.0197. The zero-order valence-electron chi connectivity index (χ0n) is 24.6. The summed E-state index contributed by atoms with van der Waals surface area (Å²) in [5.74, 6) is -2.59. The van der Waals surface area contributed by atoms with Gasteiger partial charge in [-0.25, -0.2) is 4.39 Å². The average molecular weight is 577 g/mol. The predicted octanol–water partition coefficient (Wildman–Crippen LogP) is 5.38. The van der Waals surface area contributed by atoms with Crippen molar-refractivity contribution >= 4 is 17.8 Å². The van der Waals surface area contributed by atoms with Crippen molar-refractivity contribution in [1.29, 1.82) is 0 Å². The first-order valence-corrected chi connectivity index (χ1v) is 14.8. The number of carbonyl (C=O) groups is 3. The number of ether oxygens (including phenoxy) is 3. The molecule has 0 radical (unpaired) electrons. The van der Waals surface area contributed by atoms with E-state index in [0.29, 0.717) is 30.8 Å². The van der Waals surface area contributed by atoms with Crippen molar-refractivity contribution in [2.24, 2.45) is 28.6 Å². The maximum absolute atomic E-state index is 15.4. The Bertz CT molecular complexity index is 1200. The number of benzene rings is 1. The molecular weight excluding hydrogens is 534 g/mol. The molecule has 10 heteroatoms. The number of halogens is 2. The summed E-state index contributed by atoms with van der Waals surface area (Å²) in [6.07, 6.45) is 6.05. The number of nitrogens with one attached hydrogen (secondary N) is 1. The van der Waals surface area contributed by atoms with Crippen LogP contribution in [0, 0.1) is 34.4 Å². The number of methoxy groups -OCH3 is 2. The van der Waals surface area contributed by atoms with Gasteiger partial charge in [-0.05, 0) is 95.0 Å². The van der Waals surface area contributed by atoms with Crippen LogP contribution in [0.25, 0.3) is 0 Å². The zero-order valence-corrected chi connectivity index (χ0v) is 24.6. The Morgan fingerprint density at radius 3 is 2.27 bits per heavy atom. The third kappa shape index (κ3) is 5.50. The highest BCUT2D eigenvalue weighted by molar-refractivity contribution is 5.98. The third-order valence-corrected chi connectivity index (χ3v) is 10.6. The number of hydrogen-bond donors (Lipinski definition) is 1. The summed E-state index contributed by atoms with van der Waals surface area (Å²) in [6.45, 7) is 5.59. The second-order valence-electron chi connectivity index (χ2n) is 13.2. The van der Waals surface area contributed by atoms with Crippen molar-refractivity contribution in [3.63, 3.8) is 0 Å². The molecule has 0 heterocycles. The Morgan fingerprint density at radius 2 is 1.66 bits per heavy atom. The smallest absolute Gasteiger partial charge is 0.311 e. The molecule has 41 heavy (non-hydrogen) atoms. The van der Waals surface area contributed by atoms with Gasteiger partial charge in [-0.3, -0.25) is 14.4 Å². The molecule has 2 bridgehead atoms. The van der Waals surface area contributed by atoms with Gasteiger partial charge in [0.2, 0.25) is 0 Å². The standard InChI is InChI=1S/C31H42F2N2O6/c1-17(30(2)12-13-30)35(33)28(37)25-18-6-7-19(14-18)26(25)34-27(36)21-15-24(22(32)16-23(21)39-4)41-20-8-10-31(3,11-9-20)29(38)40-5/h15-20,25-26H,6-14H2,1-5H3,(H,34,36)/t17-,18-,19+,20-,25+,26-,31+/m1/s1. The molecule has 0 aromatic heterocycles. The molecule has 0 unspecified atom stereocenters. The van der Waals surface area contributed by atoms with Crippen molar-refractivity contribution in [2.75, 3.05) is 14.2 Å². The van der Waals surface area contributed by atoms with Crippen LogP contribution in [0.15, 0.2) is 12.1 Å². The minimum Gasteiger partial charge on any atom is -0.496 e. The fourth-order valence-electron chi connectivity index (χ4n) is 7.25. The first-order chi connectivity index (χ1) is 19.4. The lowest BCUT2D eigenvalue weighted by Gasteiger charge is -2.35. The normalized spacial score (nSPS) is 32.1. The lowest BCUT2D eigenvalue weighted by Crippen LogP contribution is -2.51. The van der Waals surface area contributed by atoms with Crippen LogP contribution in [0.5, 0.6) is 11.5 Å². The zero-order chi connectivity index (χ0) is 29.7. The van der Waals surface area contributed by atoms with Gasteiger partial charge in [-0.15, -0.1) is 0 Å². The molecule has 4 aliphatic rings. The van der Waals surface area contributed by atoms with Gasteiger partial charge in [-0.2, -0.15) is 5.12 Å². The third-order valence-electron chi connectivity index (χ3n) is 10.6. The molecule has 4 aliphatic carbocycles. The number of carbonyl (C=O) groups excluding carboxylic acids is 3. The van der Waals surface area contributed by atoms with E-state index >= 15 is 8.87 Å². The second kappa shape index (κ2) is 11.1. The van der Waals surface area contributed by atoms with E-state index in [9.17, 15) is 14.4 Å². The van der Waals surface area contributed by atoms with E-state index in [1.165, 1.54) is 20.3 Å². The average Bonchev–Trinajstić information content (AvgIpc) is 3.39. The van der Waals surface area contributed by atoms with Crippen LogP contribution in [-0.4, -0.2) is 55.3 Å². The number of amides is 2. The lowest BCUT2D eigenvalue weighted by atomic mass is 9.75. The number of nitrogens with zero attached hydrogens (tertiary/aromatic N) is 1. The van der Waals surface area contributed by atoms with E-state index in [0.717, 1.165) is 38.2 Å². The highest BCUT2D eigenvalue weighted by Crippen LogP contribution is 2.53. The predicted molar refractivity (Wildman–Crippen MR) is 146 cm³/mol. The summed E-state index contributed by atoms with van der Waals surface area (Å²) in [7, 11) is 2.72. The first kappa shape index (κ1) is 29.6. The molecule has 4 saturated carbocycles. The molecule has 0 aliphatic heterocycles. The van der Waals surface area contributed by atoms with Crippen LogP contribution in [0.3, 0.4) is 0 Å². The summed E-state index contributed by atoms with van der Waals surface area (Å²) in [6, 6.07) is 1.42. The second-order valence-corrected chi connectivity index (χ2v) is 13.2. The fraction of sp³-hybridized carbons (Fsp3) is 0.710. The van der Waals surface area contributed by atoms with E-state index in [-0.39, 0.29) is 46.4 Å². The van der Waals surface area contributed by atoms with Gasteiger partial charge in [0.15, 0.2) is 11.6 Å². The molecule has 4 fully saturated rings. The summed E-state index contributed by atoms with van der Waals surface area (Å²) in [5.41, 5.74) is -0.713. The maximum atomic E-state index is 15.4. The van der Waals surface area contributed by atoms with Crippen molar-refractivity contribution in [2.45, 2.75) is 96.7 Å². The highest BCUT2D eigenvalue weighted by atomic mass is 19.2. The lowest BCUT2D eigenvalue weighted by molar-refractivity contribution is -0.162. The number of fused-ring (bicyclic) bond motifs is 2. The highest BCUT2D eigenvalue weighted by Gasteiger charge is 2.55. The molecule has 5 rings (SSSR count). The van der Waals surface area contributed by atoms with Gasteiger partial charge in [0.05, 0.1) is 43.3 Å². The maximum Gasteiger partial charge on any atom is 0.311 e. The van der Waals surface area contributed by atoms with Crippen LogP contribution in [0.2, 0.25) is 0 Å². The van der Waals surface area contributed by atoms with Crippen LogP contribution < -0.4 is 14.8 Å². The van der Waals surface area contributed by atoms with Crippen molar-refractivity contribution < 1.29 is 37.5 Å². The van der Waals surface area contributed by atoms with E-state index in [2.05, 4.69) is 5.32 Å². The topological polar surface area (TPSA) is 94.2 Å². The molecule has 8 nitrogen and oxygen atoms in total. The monoisotopic (exact) mass is 576 g/mol. The van der Waals surface area contributed by atoms with Gasteiger partial charge in [-0.1, -0.05) is 11.4 Å². The summed E-state index contributed by atoms with van der Waals surface area (Å²) >= 11 is 0. The van der Waals surface area contributed by atoms with Gasteiger partial charge in [0.1, 0.15) is 5.75 Å². The van der Waals surface area contributed by atoms with Crippen molar-refractivity contribution in [3.05, 3.63) is 23.5 Å². The summed E-state index contributed by atoms with van der Waals surface area (Å²) in [4.78, 5) is 39.2. The Morgan fingerprint density at radius 1 is 1.00 bits per heavy atom. The quantitative estimate of drug-likeness (QED) is 0.313. The van der Waals surface area contributed by atoms with Gasteiger partial charge in [0, 0.05) is 12.1 Å². The Hall–Kier alpha value is -2.91. The van der Waals surface area contributed by atoms with Crippen molar-refractivity contribution in [1.82, 2.24) is 10.4 Å². The Balaban J connectivity index is 1.31. The van der Waals surface area contributed by atoms with Gasteiger partial charge < -0.3 is 19.5 Å². The molecule has 5 atom stereocenters. The number of esters is 1. The van der Waals surface area contributed by atoms with E-state index in [4.69, 9.17) is 14.2 Å². The van der Waals surface area contributed by atoms with E-state index < -0.39 is 41.0 Å². The van der Waals surface area contributed by atoms with Crippen molar-refractivity contribution in [3.8, 4) is 11.5 Å². The van der Waals surface area contributed by atoms with E-state index in [1.807, 2.05) is 13.8 Å². The molecule has 0 spiro atoms. The first-order valence-electron chi connectivity index (χ1n) is 14.8. The van der Waals surface area contributed by atoms with Crippen LogP contribution >= 0.6 is 0 Å². The Kier molecular flexibility index (Phi) is 7.98. The molecule has 0 saturated heterocycles. The van der Waals surface area contributed by atoms with Crippen LogP contribution in [0.1, 0.15) is 88.9 Å². The van der Waals surface area contributed by atoms with Gasteiger partial charge >= 0.3 is 5.97 Å². The summed E-state index contributed by atoms with van der Waals surface area (Å²) in [5, 5.41) is 3.40. The minimum atomic E-state index is -0.664. The molecule has 2 amide bonds. The molecule has 226 valence electrons. The summed E-state index contributed by atoms with van der Waals surface area (Å²) < 4.78 is 46.6.